The minimum Gasteiger partial charge on any atom is -0.497 e. The van der Waals surface area contributed by atoms with E-state index >= 15 is 0 Å². The number of hydrogen-bond acceptors (Lipinski definition) is 6. The van der Waals surface area contributed by atoms with Crippen LogP contribution in [0.15, 0.2) is 48.5 Å². The first-order valence-corrected chi connectivity index (χ1v) is 8.41. The Balaban J connectivity index is 1.90. The van der Waals surface area contributed by atoms with E-state index in [0.717, 1.165) is 16.7 Å². The van der Waals surface area contributed by atoms with Crippen molar-refractivity contribution in [2.24, 2.45) is 0 Å². The first kappa shape index (κ1) is 18.3. The van der Waals surface area contributed by atoms with Gasteiger partial charge in [0.15, 0.2) is 11.5 Å². The maximum absolute atomic E-state index is 12.8. The molecule has 138 valence electrons. The monoisotopic (exact) mass is 364 g/mol. The van der Waals surface area contributed by atoms with Gasteiger partial charge in [-0.15, -0.1) is 5.10 Å². The molecule has 0 atom stereocenters. The van der Waals surface area contributed by atoms with Crippen LogP contribution >= 0.6 is 0 Å². The van der Waals surface area contributed by atoms with E-state index in [9.17, 15) is 4.79 Å². The van der Waals surface area contributed by atoms with Crippen LogP contribution in [0.1, 0.15) is 22.5 Å². The smallest absolute Gasteiger partial charge is 0.357 e. The van der Waals surface area contributed by atoms with Crippen molar-refractivity contribution in [3.63, 3.8) is 0 Å². The quantitative estimate of drug-likeness (QED) is 0.494. The lowest BCUT2D eigenvalue weighted by Crippen LogP contribution is -2.15. The molecule has 7 nitrogen and oxygen atoms in total. The molecule has 1 heterocycles. The number of carbonyl (C=O) groups excluding carboxylic acids is 1. The molecule has 0 unspecified atom stereocenters. The third-order valence-corrected chi connectivity index (χ3v) is 4.08. The Bertz CT molecular complexity index is 979. The van der Waals surface area contributed by atoms with Crippen LogP contribution in [-0.2, 0) is 16.1 Å². The molecule has 27 heavy (non-hydrogen) atoms. The van der Waals surface area contributed by atoms with Crippen molar-refractivity contribution >= 4 is 17.7 Å². The lowest BCUT2D eigenvalue weighted by atomic mass is 10.1. The molecule has 0 amide bonds. The van der Waals surface area contributed by atoms with Gasteiger partial charge in [-0.3, -0.25) is 0 Å². The molecule has 2 aromatic carbocycles. The van der Waals surface area contributed by atoms with Crippen LogP contribution in [0.5, 0.6) is 5.75 Å². The highest BCUT2D eigenvalue weighted by atomic mass is 16.5. The first-order chi connectivity index (χ1) is 13.1. The SMILES string of the molecule is COc1cccc(C=C(C(=O)OCc2ccccc2C)n2nnnc2C)c1. The average molecular weight is 364 g/mol. The maximum Gasteiger partial charge on any atom is 0.357 e. The first-order valence-electron chi connectivity index (χ1n) is 8.41. The molecule has 7 heteroatoms. The van der Waals surface area contributed by atoms with Gasteiger partial charge in [-0.05, 0) is 59.2 Å². The Morgan fingerprint density at radius 2 is 1.96 bits per heavy atom. The van der Waals surface area contributed by atoms with Crippen molar-refractivity contribution in [1.82, 2.24) is 20.2 Å². The summed E-state index contributed by atoms with van der Waals surface area (Å²) in [7, 11) is 1.59. The molecule has 0 aliphatic rings. The van der Waals surface area contributed by atoms with E-state index in [4.69, 9.17) is 9.47 Å². The summed E-state index contributed by atoms with van der Waals surface area (Å²) in [5, 5.41) is 11.4. The van der Waals surface area contributed by atoms with Crippen LogP contribution in [0, 0.1) is 13.8 Å². The van der Waals surface area contributed by atoms with Gasteiger partial charge in [-0.1, -0.05) is 36.4 Å². The van der Waals surface area contributed by atoms with Crippen molar-refractivity contribution in [1.29, 1.82) is 0 Å². The van der Waals surface area contributed by atoms with Crippen molar-refractivity contribution in [2.75, 3.05) is 7.11 Å². The van der Waals surface area contributed by atoms with Gasteiger partial charge in [0, 0.05) is 0 Å². The van der Waals surface area contributed by atoms with Gasteiger partial charge in [0.25, 0.3) is 0 Å². The second kappa shape index (κ2) is 8.27. The van der Waals surface area contributed by atoms with E-state index in [1.165, 1.54) is 4.68 Å². The minimum atomic E-state index is -0.517. The Morgan fingerprint density at radius 3 is 2.67 bits per heavy atom. The standard InChI is InChI=1S/C20H20N4O3/c1-14-7-4-5-9-17(14)13-27-20(25)19(24-15(2)21-22-23-24)12-16-8-6-10-18(11-16)26-3/h4-12H,13H2,1-3H3. The molecule has 0 fully saturated rings. The number of methoxy groups -OCH3 is 1. The number of esters is 1. The summed E-state index contributed by atoms with van der Waals surface area (Å²) >= 11 is 0. The predicted molar refractivity (Wildman–Crippen MR) is 101 cm³/mol. The summed E-state index contributed by atoms with van der Waals surface area (Å²) < 4.78 is 12.1. The molecule has 1 aromatic heterocycles. The fourth-order valence-electron chi connectivity index (χ4n) is 2.54. The minimum absolute atomic E-state index is 0.169. The van der Waals surface area contributed by atoms with Crippen LogP contribution in [0.2, 0.25) is 0 Å². The molecular formula is C20H20N4O3. The lowest BCUT2D eigenvalue weighted by molar-refractivity contribution is -0.138. The number of aryl methyl sites for hydroxylation is 2. The second-order valence-electron chi connectivity index (χ2n) is 5.95. The largest absolute Gasteiger partial charge is 0.497 e. The summed E-state index contributed by atoms with van der Waals surface area (Å²) in [6, 6.07) is 15.1. The van der Waals surface area contributed by atoms with Crippen molar-refractivity contribution in [3.05, 3.63) is 71.0 Å². The van der Waals surface area contributed by atoms with E-state index in [-0.39, 0.29) is 12.3 Å². The van der Waals surface area contributed by atoms with Gasteiger partial charge in [0.2, 0.25) is 0 Å². The van der Waals surface area contributed by atoms with Crippen molar-refractivity contribution in [2.45, 2.75) is 20.5 Å². The number of rotatable bonds is 6. The summed E-state index contributed by atoms with van der Waals surface area (Å²) in [6.07, 6.45) is 1.67. The maximum atomic E-state index is 12.8. The molecule has 0 spiro atoms. The molecule has 0 radical (unpaired) electrons. The summed E-state index contributed by atoms with van der Waals surface area (Å²) in [6.45, 7) is 3.86. The van der Waals surface area contributed by atoms with Gasteiger partial charge in [0.05, 0.1) is 7.11 Å². The molecule has 0 saturated heterocycles. The number of ether oxygens (including phenoxy) is 2. The number of benzene rings is 2. The Labute approximate surface area is 157 Å². The summed E-state index contributed by atoms with van der Waals surface area (Å²) in [5.41, 5.74) is 2.99. The fourth-order valence-corrected chi connectivity index (χ4v) is 2.54. The van der Waals surface area contributed by atoms with E-state index in [1.54, 1.807) is 20.1 Å². The Hall–Kier alpha value is -3.48. The van der Waals surface area contributed by atoms with Gasteiger partial charge in [-0.25, -0.2) is 4.79 Å². The Kier molecular flexibility index (Phi) is 5.61. The van der Waals surface area contributed by atoms with Crippen LogP contribution in [0.4, 0.5) is 0 Å². The second-order valence-corrected chi connectivity index (χ2v) is 5.95. The van der Waals surface area contributed by atoms with Crippen LogP contribution < -0.4 is 4.74 Å². The zero-order valence-corrected chi connectivity index (χ0v) is 15.4. The molecular weight excluding hydrogens is 344 g/mol. The number of aromatic nitrogens is 4. The molecule has 0 aliphatic carbocycles. The molecule has 3 rings (SSSR count). The van der Waals surface area contributed by atoms with E-state index < -0.39 is 5.97 Å². The van der Waals surface area contributed by atoms with E-state index in [1.807, 2.05) is 55.5 Å². The normalized spacial score (nSPS) is 11.3. The highest BCUT2D eigenvalue weighted by Crippen LogP contribution is 2.19. The topological polar surface area (TPSA) is 79.1 Å². The van der Waals surface area contributed by atoms with Gasteiger partial charge >= 0.3 is 5.97 Å². The van der Waals surface area contributed by atoms with Gasteiger partial charge in [-0.2, -0.15) is 4.68 Å². The van der Waals surface area contributed by atoms with Crippen LogP contribution in [0.3, 0.4) is 0 Å². The van der Waals surface area contributed by atoms with Crippen molar-refractivity contribution in [3.8, 4) is 5.75 Å². The predicted octanol–water partition coefficient (Wildman–Crippen LogP) is 3.04. The molecule has 0 bridgehead atoms. The summed E-state index contributed by atoms with van der Waals surface area (Å²) in [5.74, 6) is 0.651. The van der Waals surface area contributed by atoms with Crippen LogP contribution in [-0.4, -0.2) is 33.3 Å². The van der Waals surface area contributed by atoms with Gasteiger partial charge in [0.1, 0.15) is 12.4 Å². The molecule has 0 N–H and O–H groups in total. The molecule has 0 saturated carbocycles. The number of hydrogen-bond donors (Lipinski definition) is 0. The highest BCUT2D eigenvalue weighted by molar-refractivity contribution is 6.15. The van der Waals surface area contributed by atoms with Crippen molar-refractivity contribution < 1.29 is 14.3 Å². The van der Waals surface area contributed by atoms with E-state index in [0.29, 0.717) is 11.6 Å². The molecule has 3 aromatic rings. The molecule has 0 aliphatic heterocycles. The van der Waals surface area contributed by atoms with Gasteiger partial charge < -0.3 is 9.47 Å². The van der Waals surface area contributed by atoms with E-state index in [2.05, 4.69) is 15.5 Å². The average Bonchev–Trinajstić information content (AvgIpc) is 3.11. The zero-order chi connectivity index (χ0) is 19.2. The summed E-state index contributed by atoms with van der Waals surface area (Å²) in [4.78, 5) is 12.8. The fraction of sp³-hybridized carbons (Fsp3) is 0.200. The number of carbonyl (C=O) groups is 1. The zero-order valence-electron chi connectivity index (χ0n) is 15.4. The number of tetrazole rings is 1. The third-order valence-electron chi connectivity index (χ3n) is 4.08. The highest BCUT2D eigenvalue weighted by Gasteiger charge is 2.18. The Morgan fingerprint density at radius 1 is 1.15 bits per heavy atom. The number of nitrogens with zero attached hydrogens (tertiary/aromatic N) is 4. The lowest BCUT2D eigenvalue weighted by Gasteiger charge is -2.10. The third kappa shape index (κ3) is 4.38. The van der Waals surface area contributed by atoms with Crippen LogP contribution in [0.25, 0.3) is 11.8 Å².